The summed E-state index contributed by atoms with van der Waals surface area (Å²) in [6.07, 6.45) is 1.34. The molecule has 1 unspecified atom stereocenters. The third-order valence-corrected chi connectivity index (χ3v) is 1.97. The number of fused-ring (bicyclic) bond motifs is 1. The smallest absolute Gasteiger partial charge is 0.198 e. The summed E-state index contributed by atoms with van der Waals surface area (Å²) in [5, 5.41) is 13.7. The quantitative estimate of drug-likeness (QED) is 0.576. The van der Waals surface area contributed by atoms with Crippen LogP contribution >= 0.6 is 0 Å². The molecule has 1 aromatic heterocycles. The maximum atomic E-state index is 11.0. The normalized spacial score (nSPS) is 20.5. The van der Waals surface area contributed by atoms with E-state index >= 15 is 0 Å². The first-order valence-corrected chi connectivity index (χ1v) is 3.75. The maximum absolute atomic E-state index is 11.0. The van der Waals surface area contributed by atoms with Crippen LogP contribution in [0.4, 0.5) is 5.82 Å². The first-order valence-electron chi connectivity index (χ1n) is 2.65. The fourth-order valence-corrected chi connectivity index (χ4v) is 1.21. The molecule has 0 radical (unpaired) electrons. The summed E-state index contributed by atoms with van der Waals surface area (Å²) >= 11 is 0. The van der Waals surface area contributed by atoms with Crippen LogP contribution in [-0.2, 0) is 11.0 Å². The van der Waals surface area contributed by atoms with Crippen LogP contribution in [0.15, 0.2) is 20.8 Å². The minimum Gasteiger partial charge on any atom is -0.239 e. The lowest BCUT2D eigenvalue weighted by Crippen LogP contribution is -2.05. The van der Waals surface area contributed by atoms with Crippen molar-refractivity contribution in [1.82, 2.24) is 15.4 Å². The van der Waals surface area contributed by atoms with E-state index in [4.69, 9.17) is 0 Å². The molecule has 7 nitrogen and oxygen atoms in total. The molecule has 0 bridgehead atoms. The number of hydrogen-bond donors (Lipinski definition) is 1. The summed E-state index contributed by atoms with van der Waals surface area (Å²) in [4.78, 5) is 0.398. The molecule has 0 saturated carbocycles. The van der Waals surface area contributed by atoms with Crippen molar-refractivity contribution in [3.8, 4) is 0 Å². The van der Waals surface area contributed by atoms with Crippen molar-refractivity contribution < 1.29 is 4.21 Å². The van der Waals surface area contributed by atoms with E-state index in [1.54, 1.807) is 0 Å². The lowest BCUT2D eigenvalue weighted by Gasteiger charge is -2.04. The summed E-state index contributed by atoms with van der Waals surface area (Å²) < 4.78 is 14.3. The standard InChI is InChI=1S/C3H2N6OS/c10-11-2-1-4-7-5-3(2)6-8-9-11/h1H,(H,4,5,6,9). The minimum atomic E-state index is -1.48. The van der Waals surface area contributed by atoms with Crippen LogP contribution in [0, 0.1) is 0 Å². The first-order chi connectivity index (χ1) is 5.38. The molecule has 0 fully saturated rings. The largest absolute Gasteiger partial charge is 0.239 e. The molecule has 1 aromatic rings. The average molecular weight is 170 g/mol. The van der Waals surface area contributed by atoms with Gasteiger partial charge >= 0.3 is 0 Å². The monoisotopic (exact) mass is 170 g/mol. The van der Waals surface area contributed by atoms with Crippen molar-refractivity contribution in [2.75, 3.05) is 5.43 Å². The molecular formula is C3H2N6OS. The molecule has 1 atom stereocenters. The molecule has 1 aliphatic heterocycles. The van der Waals surface area contributed by atoms with E-state index in [0.29, 0.717) is 10.7 Å². The van der Waals surface area contributed by atoms with Crippen LogP contribution in [0.1, 0.15) is 0 Å². The molecule has 0 amide bonds. The van der Waals surface area contributed by atoms with Crippen molar-refractivity contribution in [2.24, 2.45) is 9.74 Å². The summed E-state index contributed by atoms with van der Waals surface area (Å²) in [5.41, 5.74) is 2.44. The predicted octanol–water partition coefficient (Wildman–Crippen LogP) is -0.313. The van der Waals surface area contributed by atoms with Gasteiger partial charge < -0.3 is 0 Å². The summed E-state index contributed by atoms with van der Waals surface area (Å²) in [6.45, 7) is 0. The average Bonchev–Trinajstić information content (AvgIpc) is 2.06. The predicted molar refractivity (Wildman–Crippen MR) is 34.7 cm³/mol. The number of rotatable bonds is 0. The van der Waals surface area contributed by atoms with Crippen molar-refractivity contribution in [2.45, 2.75) is 4.90 Å². The third kappa shape index (κ3) is 0.963. The SMILES string of the molecule is O=S1N=NNc2nnncc21. The van der Waals surface area contributed by atoms with E-state index in [0.717, 1.165) is 0 Å². The summed E-state index contributed by atoms with van der Waals surface area (Å²) in [7, 11) is -1.48. The van der Waals surface area contributed by atoms with Gasteiger partial charge in [-0.1, -0.05) is 9.74 Å². The number of hydrogen-bond acceptors (Lipinski definition) is 6. The maximum Gasteiger partial charge on any atom is 0.198 e. The Labute approximate surface area is 63.5 Å². The highest BCUT2D eigenvalue weighted by molar-refractivity contribution is 7.83. The zero-order chi connectivity index (χ0) is 7.68. The van der Waals surface area contributed by atoms with Gasteiger partial charge in [-0.05, 0) is 5.21 Å². The van der Waals surface area contributed by atoms with Crippen LogP contribution in [-0.4, -0.2) is 19.6 Å². The lowest BCUT2D eigenvalue weighted by molar-refractivity contribution is 0.677. The van der Waals surface area contributed by atoms with E-state index in [2.05, 4.69) is 30.6 Å². The van der Waals surface area contributed by atoms with Gasteiger partial charge in [0.15, 0.2) is 16.8 Å². The van der Waals surface area contributed by atoms with E-state index < -0.39 is 11.0 Å². The number of nitrogens with one attached hydrogen (secondary N) is 1. The second-order valence-corrected chi connectivity index (χ2v) is 2.79. The Morgan fingerprint density at radius 3 is 3.27 bits per heavy atom. The Morgan fingerprint density at radius 1 is 1.55 bits per heavy atom. The van der Waals surface area contributed by atoms with Crippen molar-refractivity contribution in [3.63, 3.8) is 0 Å². The van der Waals surface area contributed by atoms with E-state index in [1.165, 1.54) is 6.20 Å². The highest BCUT2D eigenvalue weighted by Crippen LogP contribution is 2.18. The topological polar surface area (TPSA) is 92.5 Å². The van der Waals surface area contributed by atoms with Gasteiger partial charge in [-0.3, -0.25) is 0 Å². The van der Waals surface area contributed by atoms with Crippen molar-refractivity contribution in [1.29, 1.82) is 0 Å². The molecule has 1 N–H and O–H groups in total. The van der Waals surface area contributed by atoms with Gasteiger partial charge in [0.25, 0.3) is 0 Å². The molecule has 0 aliphatic carbocycles. The zero-order valence-electron chi connectivity index (χ0n) is 5.13. The third-order valence-electron chi connectivity index (χ3n) is 1.06. The van der Waals surface area contributed by atoms with Gasteiger partial charge in [0, 0.05) is 0 Å². The molecule has 0 aromatic carbocycles. The van der Waals surface area contributed by atoms with Crippen LogP contribution < -0.4 is 5.43 Å². The molecule has 56 valence electrons. The molecule has 11 heavy (non-hydrogen) atoms. The number of aromatic nitrogens is 3. The Hall–Kier alpha value is -1.44. The fraction of sp³-hybridized carbons (Fsp3) is 0. The zero-order valence-corrected chi connectivity index (χ0v) is 5.95. The Kier molecular flexibility index (Phi) is 1.32. The van der Waals surface area contributed by atoms with Gasteiger partial charge in [0.2, 0.25) is 0 Å². The van der Waals surface area contributed by atoms with Gasteiger partial charge in [-0.25, -0.2) is 9.63 Å². The lowest BCUT2D eigenvalue weighted by atomic mass is 10.6. The van der Waals surface area contributed by atoms with Crippen molar-refractivity contribution in [3.05, 3.63) is 6.20 Å². The summed E-state index contributed by atoms with van der Waals surface area (Å²) in [5.74, 6) is 0.341. The second kappa shape index (κ2) is 2.31. The van der Waals surface area contributed by atoms with Crippen LogP contribution in [0.3, 0.4) is 0 Å². The number of anilines is 1. The van der Waals surface area contributed by atoms with Crippen LogP contribution in [0.2, 0.25) is 0 Å². The van der Waals surface area contributed by atoms with Gasteiger partial charge in [-0.15, -0.1) is 10.2 Å². The van der Waals surface area contributed by atoms with Crippen LogP contribution in [0.25, 0.3) is 0 Å². The molecule has 0 saturated heterocycles. The molecule has 1 aliphatic rings. The van der Waals surface area contributed by atoms with Gasteiger partial charge in [0.05, 0.1) is 6.20 Å². The fourth-order valence-electron chi connectivity index (χ4n) is 0.613. The molecular weight excluding hydrogens is 168 g/mol. The van der Waals surface area contributed by atoms with Crippen molar-refractivity contribution >= 4 is 16.8 Å². The van der Waals surface area contributed by atoms with Gasteiger partial charge in [0.1, 0.15) is 4.90 Å². The van der Waals surface area contributed by atoms with E-state index in [9.17, 15) is 4.21 Å². The van der Waals surface area contributed by atoms with E-state index in [1.807, 2.05) is 0 Å². The van der Waals surface area contributed by atoms with Gasteiger partial charge in [-0.2, -0.15) is 0 Å². The highest BCUT2D eigenvalue weighted by atomic mass is 32.2. The Balaban J connectivity index is 2.59. The molecule has 8 heteroatoms. The number of nitrogens with zero attached hydrogens (tertiary/aromatic N) is 5. The highest BCUT2D eigenvalue weighted by Gasteiger charge is 2.14. The second-order valence-electron chi connectivity index (χ2n) is 1.69. The summed E-state index contributed by atoms with van der Waals surface area (Å²) in [6, 6.07) is 0. The first kappa shape index (κ1) is 6.28. The Morgan fingerprint density at radius 2 is 2.45 bits per heavy atom. The molecule has 2 rings (SSSR count). The molecule has 0 spiro atoms. The Bertz CT molecular complexity index is 336. The van der Waals surface area contributed by atoms with E-state index in [-0.39, 0.29) is 0 Å². The minimum absolute atomic E-state index is 0.341. The molecule has 2 heterocycles. The van der Waals surface area contributed by atoms with Crippen LogP contribution in [0.5, 0.6) is 0 Å².